The summed E-state index contributed by atoms with van der Waals surface area (Å²) in [6.45, 7) is 8.80. The minimum Gasteiger partial charge on any atom is -0.391 e. The molecule has 17 heavy (non-hydrogen) atoms. The Morgan fingerprint density at radius 3 is 2.94 bits per heavy atom. The van der Waals surface area contributed by atoms with Gasteiger partial charge >= 0.3 is 0 Å². The molecule has 1 atom stereocenters. The lowest BCUT2D eigenvalue weighted by molar-refractivity contribution is 0.146. The molecule has 5 nitrogen and oxygen atoms in total. The fourth-order valence-corrected chi connectivity index (χ4v) is 1.86. The molecule has 100 valence electrons. The van der Waals surface area contributed by atoms with E-state index in [2.05, 4.69) is 22.1 Å². The predicted molar refractivity (Wildman–Crippen MR) is 69.3 cm³/mol. The van der Waals surface area contributed by atoms with Crippen molar-refractivity contribution in [2.75, 3.05) is 39.4 Å². The van der Waals surface area contributed by atoms with E-state index >= 15 is 0 Å². The highest BCUT2D eigenvalue weighted by molar-refractivity contribution is 5.80. The van der Waals surface area contributed by atoms with E-state index in [4.69, 9.17) is 4.74 Å². The van der Waals surface area contributed by atoms with Gasteiger partial charge in [-0.1, -0.05) is 0 Å². The summed E-state index contributed by atoms with van der Waals surface area (Å²) in [5.74, 6) is 0.917. The number of rotatable bonds is 6. The van der Waals surface area contributed by atoms with E-state index in [0.29, 0.717) is 6.54 Å². The van der Waals surface area contributed by atoms with Crippen molar-refractivity contribution in [3.8, 4) is 0 Å². The van der Waals surface area contributed by atoms with Crippen molar-refractivity contribution in [1.82, 2.24) is 10.2 Å². The lowest BCUT2D eigenvalue weighted by Crippen LogP contribution is -2.40. The van der Waals surface area contributed by atoms with Crippen molar-refractivity contribution >= 4 is 5.96 Å². The van der Waals surface area contributed by atoms with Crippen LogP contribution in [0.5, 0.6) is 0 Å². The number of guanidine groups is 1. The van der Waals surface area contributed by atoms with Crippen LogP contribution in [0.2, 0.25) is 0 Å². The molecule has 2 N–H and O–H groups in total. The number of aliphatic hydroxyl groups is 1. The van der Waals surface area contributed by atoms with Gasteiger partial charge in [0.05, 0.1) is 6.10 Å². The molecule has 1 aliphatic rings. The fourth-order valence-electron chi connectivity index (χ4n) is 1.86. The quantitative estimate of drug-likeness (QED) is 0.404. The Kier molecular flexibility index (Phi) is 6.96. The van der Waals surface area contributed by atoms with Gasteiger partial charge in [-0.25, -0.2) is 0 Å². The molecule has 0 aliphatic carbocycles. The van der Waals surface area contributed by atoms with E-state index in [9.17, 15) is 5.11 Å². The highest BCUT2D eigenvalue weighted by atomic mass is 16.5. The summed E-state index contributed by atoms with van der Waals surface area (Å²) in [6.07, 6.45) is 1.57. The van der Waals surface area contributed by atoms with Crippen LogP contribution in [-0.4, -0.2) is 61.5 Å². The molecule has 0 aromatic rings. The number of hydrogen-bond donors (Lipinski definition) is 2. The Labute approximate surface area is 104 Å². The number of likely N-dealkylation sites (tertiary alicyclic amines) is 1. The number of hydrogen-bond acceptors (Lipinski definition) is 3. The zero-order chi connectivity index (χ0) is 12.5. The fraction of sp³-hybridized carbons (Fsp3) is 0.917. The average molecular weight is 243 g/mol. The maximum Gasteiger partial charge on any atom is 0.194 e. The standard InChI is InChI=1S/C12H25N3O2/c1-3-13-12(14-7-5-9-17-4-2)15-8-6-11(16)10-15/h11,16H,3-10H2,1-2H3,(H,13,14)/t11-/m1/s1. The molecule has 0 radical (unpaired) electrons. The van der Waals surface area contributed by atoms with Gasteiger partial charge in [-0.3, -0.25) is 4.99 Å². The van der Waals surface area contributed by atoms with Crippen LogP contribution >= 0.6 is 0 Å². The Morgan fingerprint density at radius 2 is 2.35 bits per heavy atom. The lowest BCUT2D eigenvalue weighted by atomic mass is 10.3. The average Bonchev–Trinajstić information content (AvgIpc) is 2.74. The van der Waals surface area contributed by atoms with Crippen molar-refractivity contribution < 1.29 is 9.84 Å². The molecule has 0 amide bonds. The summed E-state index contributed by atoms with van der Waals surface area (Å²) in [5.41, 5.74) is 0. The van der Waals surface area contributed by atoms with Gasteiger partial charge < -0.3 is 20.1 Å². The van der Waals surface area contributed by atoms with Gasteiger partial charge in [0.1, 0.15) is 0 Å². The second-order valence-electron chi connectivity index (χ2n) is 4.17. The van der Waals surface area contributed by atoms with Crippen LogP contribution in [0.15, 0.2) is 4.99 Å². The van der Waals surface area contributed by atoms with Crippen LogP contribution in [0.25, 0.3) is 0 Å². The smallest absolute Gasteiger partial charge is 0.194 e. The van der Waals surface area contributed by atoms with E-state index < -0.39 is 0 Å². The molecule has 0 bridgehead atoms. The first-order valence-electron chi connectivity index (χ1n) is 6.57. The van der Waals surface area contributed by atoms with Crippen LogP contribution < -0.4 is 5.32 Å². The molecule has 0 saturated carbocycles. The number of aliphatic hydroxyl groups excluding tert-OH is 1. The first-order chi connectivity index (χ1) is 8.27. The van der Waals surface area contributed by atoms with Gasteiger partial charge in [0.25, 0.3) is 0 Å². The molecule has 1 fully saturated rings. The molecule has 0 spiro atoms. The Balaban J connectivity index is 2.33. The van der Waals surface area contributed by atoms with E-state index in [1.807, 2.05) is 6.92 Å². The summed E-state index contributed by atoms with van der Waals surface area (Å²) < 4.78 is 5.27. The molecule has 1 heterocycles. The molecule has 0 aromatic heterocycles. The van der Waals surface area contributed by atoms with Crippen molar-refractivity contribution in [1.29, 1.82) is 0 Å². The summed E-state index contributed by atoms with van der Waals surface area (Å²) in [4.78, 5) is 6.66. The van der Waals surface area contributed by atoms with E-state index in [1.165, 1.54) is 0 Å². The molecule has 0 unspecified atom stereocenters. The Hall–Kier alpha value is -0.810. The largest absolute Gasteiger partial charge is 0.391 e. The number of aliphatic imine (C=N–C) groups is 1. The third-order valence-electron chi connectivity index (χ3n) is 2.71. The van der Waals surface area contributed by atoms with Crippen LogP contribution in [0.4, 0.5) is 0 Å². The Morgan fingerprint density at radius 1 is 1.53 bits per heavy atom. The molecular formula is C12H25N3O2. The molecule has 5 heteroatoms. The predicted octanol–water partition coefficient (Wildman–Crippen LogP) is 0.445. The SMILES string of the molecule is CCNC(=NCCCOCC)N1CC[C@@H](O)C1. The van der Waals surface area contributed by atoms with E-state index in [0.717, 1.165) is 51.6 Å². The highest BCUT2D eigenvalue weighted by Crippen LogP contribution is 2.08. The molecule has 0 aromatic carbocycles. The van der Waals surface area contributed by atoms with E-state index in [-0.39, 0.29) is 6.10 Å². The summed E-state index contributed by atoms with van der Waals surface area (Å²) >= 11 is 0. The lowest BCUT2D eigenvalue weighted by Gasteiger charge is -2.20. The summed E-state index contributed by atoms with van der Waals surface area (Å²) in [7, 11) is 0. The molecule has 1 rings (SSSR count). The molecular weight excluding hydrogens is 218 g/mol. The molecule has 1 saturated heterocycles. The van der Waals surface area contributed by atoms with E-state index in [1.54, 1.807) is 0 Å². The van der Waals surface area contributed by atoms with Crippen molar-refractivity contribution in [2.45, 2.75) is 32.8 Å². The van der Waals surface area contributed by atoms with Gasteiger partial charge in [0.2, 0.25) is 0 Å². The van der Waals surface area contributed by atoms with Gasteiger partial charge in [-0.15, -0.1) is 0 Å². The van der Waals surface area contributed by atoms with Crippen molar-refractivity contribution in [3.63, 3.8) is 0 Å². The van der Waals surface area contributed by atoms with Gasteiger partial charge in [-0.05, 0) is 26.7 Å². The van der Waals surface area contributed by atoms with Crippen LogP contribution in [0, 0.1) is 0 Å². The zero-order valence-corrected chi connectivity index (χ0v) is 11.0. The number of β-amino-alcohol motifs (C(OH)–C–C–N with tert-alkyl or cyclic N) is 1. The zero-order valence-electron chi connectivity index (χ0n) is 11.0. The number of nitrogens with zero attached hydrogens (tertiary/aromatic N) is 2. The van der Waals surface area contributed by atoms with Crippen LogP contribution in [0.1, 0.15) is 26.7 Å². The normalized spacial score (nSPS) is 21.0. The first-order valence-corrected chi connectivity index (χ1v) is 6.57. The van der Waals surface area contributed by atoms with Crippen molar-refractivity contribution in [3.05, 3.63) is 0 Å². The maximum atomic E-state index is 9.51. The van der Waals surface area contributed by atoms with Crippen LogP contribution in [-0.2, 0) is 4.74 Å². The second kappa shape index (κ2) is 8.31. The Bertz CT molecular complexity index is 234. The van der Waals surface area contributed by atoms with Crippen LogP contribution in [0.3, 0.4) is 0 Å². The minimum absolute atomic E-state index is 0.206. The van der Waals surface area contributed by atoms with Gasteiger partial charge in [0, 0.05) is 39.4 Å². The van der Waals surface area contributed by atoms with Gasteiger partial charge in [-0.2, -0.15) is 0 Å². The number of ether oxygens (including phenoxy) is 1. The highest BCUT2D eigenvalue weighted by Gasteiger charge is 2.22. The monoisotopic (exact) mass is 243 g/mol. The van der Waals surface area contributed by atoms with Gasteiger partial charge in [0.15, 0.2) is 5.96 Å². The second-order valence-corrected chi connectivity index (χ2v) is 4.17. The summed E-state index contributed by atoms with van der Waals surface area (Å²) in [5, 5.41) is 12.8. The third kappa shape index (κ3) is 5.37. The maximum absolute atomic E-state index is 9.51. The first kappa shape index (κ1) is 14.3. The van der Waals surface area contributed by atoms with Crippen molar-refractivity contribution in [2.24, 2.45) is 4.99 Å². The third-order valence-corrected chi connectivity index (χ3v) is 2.71. The minimum atomic E-state index is -0.206. The number of nitrogens with one attached hydrogen (secondary N) is 1. The molecule has 1 aliphatic heterocycles. The summed E-state index contributed by atoms with van der Waals surface area (Å²) in [6, 6.07) is 0. The topological polar surface area (TPSA) is 57.1 Å².